The quantitative estimate of drug-likeness (QED) is 0.668. The molecule has 2 saturated heterocycles. The first-order chi connectivity index (χ1) is 11.7. The molecule has 2 aliphatic rings. The van der Waals surface area contributed by atoms with Crippen LogP contribution in [-0.4, -0.2) is 68.6 Å². The molecule has 2 unspecified atom stereocenters. The van der Waals surface area contributed by atoms with Gasteiger partial charge in [-0.1, -0.05) is 30.3 Å². The normalized spacial score (nSPS) is 22.9. The van der Waals surface area contributed by atoms with E-state index in [0.717, 1.165) is 58.7 Å². The summed E-state index contributed by atoms with van der Waals surface area (Å²) in [5.41, 5.74) is 1.39. The highest BCUT2D eigenvalue weighted by atomic mass is 35.5. The van der Waals surface area contributed by atoms with Gasteiger partial charge < -0.3 is 15.5 Å². The number of nitrogens with one attached hydrogen (secondary N) is 2. The van der Waals surface area contributed by atoms with Gasteiger partial charge in [-0.05, 0) is 32.0 Å². The molecule has 0 aliphatic carbocycles. The molecule has 8 heteroatoms. The van der Waals surface area contributed by atoms with E-state index in [4.69, 9.17) is 0 Å². The Kier molecular flexibility index (Phi) is 13.3. The molecule has 0 bridgehead atoms. The van der Waals surface area contributed by atoms with Gasteiger partial charge >= 0.3 is 0 Å². The summed E-state index contributed by atoms with van der Waals surface area (Å²) in [5.74, 6) is 0.392. The predicted octanol–water partition coefficient (Wildman–Crippen LogP) is 2.36. The number of likely N-dealkylation sites (N-methyl/N-ethyl adjacent to an activating group) is 1. The van der Waals surface area contributed by atoms with Crippen LogP contribution in [0.5, 0.6) is 0 Å². The number of hydrogen-bond donors (Lipinski definition) is 2. The number of halogens is 3. The van der Waals surface area contributed by atoms with E-state index in [0.29, 0.717) is 6.04 Å². The summed E-state index contributed by atoms with van der Waals surface area (Å²) < 4.78 is 0. The van der Waals surface area contributed by atoms with Gasteiger partial charge in [-0.25, -0.2) is 0 Å². The van der Waals surface area contributed by atoms with Crippen LogP contribution in [0, 0.1) is 5.92 Å². The molecule has 0 spiro atoms. The summed E-state index contributed by atoms with van der Waals surface area (Å²) in [6.07, 6.45) is 1.99. The molecular formula is C19H33Cl3N4O. The van der Waals surface area contributed by atoms with Gasteiger partial charge in [-0.2, -0.15) is 0 Å². The molecule has 0 radical (unpaired) electrons. The van der Waals surface area contributed by atoms with Crippen LogP contribution in [-0.2, 0) is 4.79 Å². The van der Waals surface area contributed by atoms with Crippen LogP contribution in [0.15, 0.2) is 30.3 Å². The third kappa shape index (κ3) is 7.76. The maximum Gasteiger partial charge on any atom is 0.224 e. The highest BCUT2D eigenvalue weighted by Crippen LogP contribution is 2.24. The van der Waals surface area contributed by atoms with Gasteiger partial charge in [-0.3, -0.25) is 9.69 Å². The Labute approximate surface area is 181 Å². The lowest BCUT2D eigenvalue weighted by atomic mass is 10.0. The Morgan fingerprint density at radius 2 is 1.93 bits per heavy atom. The van der Waals surface area contributed by atoms with Crippen molar-refractivity contribution in [2.24, 2.45) is 5.92 Å². The largest absolute Gasteiger partial charge is 0.356 e. The molecule has 2 aliphatic heterocycles. The zero-order valence-electron chi connectivity index (χ0n) is 15.9. The van der Waals surface area contributed by atoms with Gasteiger partial charge in [0.25, 0.3) is 0 Å². The summed E-state index contributed by atoms with van der Waals surface area (Å²) in [6, 6.07) is 11.2. The van der Waals surface area contributed by atoms with Crippen molar-refractivity contribution in [3.8, 4) is 0 Å². The molecule has 1 aromatic carbocycles. The number of rotatable bonds is 6. The molecule has 2 heterocycles. The minimum Gasteiger partial charge on any atom is -0.356 e. The fourth-order valence-corrected chi connectivity index (χ4v) is 3.73. The number of carbonyl (C=O) groups is 1. The summed E-state index contributed by atoms with van der Waals surface area (Å²) in [4.78, 5) is 17.0. The molecule has 0 saturated carbocycles. The Hall–Kier alpha value is -0.560. The number of carbonyl (C=O) groups excluding carboxylic acids is 1. The molecule has 2 atom stereocenters. The SMILES string of the molecule is CN1CCN(CCCNC(=O)C2CCNC2)C(c2ccccc2)C1.Cl.Cl.Cl. The molecule has 1 amide bonds. The van der Waals surface area contributed by atoms with E-state index in [1.165, 1.54) is 5.56 Å². The topological polar surface area (TPSA) is 47.6 Å². The summed E-state index contributed by atoms with van der Waals surface area (Å²) >= 11 is 0. The van der Waals surface area contributed by atoms with Crippen LogP contribution < -0.4 is 10.6 Å². The van der Waals surface area contributed by atoms with Gasteiger partial charge in [0, 0.05) is 45.3 Å². The first kappa shape index (κ1) is 26.4. The monoisotopic (exact) mass is 438 g/mol. The van der Waals surface area contributed by atoms with Gasteiger partial charge in [0.2, 0.25) is 5.91 Å². The Balaban J connectivity index is 0.00000225. The fraction of sp³-hybridized carbons (Fsp3) is 0.632. The minimum absolute atomic E-state index is 0. The van der Waals surface area contributed by atoms with Crippen molar-refractivity contribution in [1.82, 2.24) is 20.4 Å². The first-order valence-corrected chi connectivity index (χ1v) is 9.20. The fourth-order valence-electron chi connectivity index (χ4n) is 3.73. The highest BCUT2D eigenvalue weighted by molar-refractivity contribution is 5.86. The van der Waals surface area contributed by atoms with Crippen molar-refractivity contribution < 1.29 is 4.79 Å². The van der Waals surface area contributed by atoms with Crippen molar-refractivity contribution in [3.63, 3.8) is 0 Å². The third-order valence-corrected chi connectivity index (χ3v) is 5.23. The number of piperazine rings is 1. The smallest absolute Gasteiger partial charge is 0.224 e. The molecule has 156 valence electrons. The lowest BCUT2D eigenvalue weighted by Gasteiger charge is -2.40. The van der Waals surface area contributed by atoms with E-state index in [2.05, 4.69) is 57.8 Å². The molecule has 5 nitrogen and oxygen atoms in total. The molecule has 2 fully saturated rings. The van der Waals surface area contributed by atoms with Crippen LogP contribution in [0.4, 0.5) is 0 Å². The average Bonchev–Trinajstić information content (AvgIpc) is 3.15. The van der Waals surface area contributed by atoms with Gasteiger partial charge in [0.05, 0.1) is 5.92 Å². The van der Waals surface area contributed by atoms with Gasteiger partial charge in [-0.15, -0.1) is 37.2 Å². The van der Waals surface area contributed by atoms with Crippen molar-refractivity contribution >= 4 is 43.1 Å². The van der Waals surface area contributed by atoms with Crippen LogP contribution >= 0.6 is 37.2 Å². The Bertz CT molecular complexity index is 529. The van der Waals surface area contributed by atoms with Gasteiger partial charge in [0.15, 0.2) is 0 Å². The number of benzene rings is 1. The van der Waals surface area contributed by atoms with E-state index in [9.17, 15) is 4.79 Å². The number of amides is 1. The third-order valence-electron chi connectivity index (χ3n) is 5.23. The van der Waals surface area contributed by atoms with E-state index < -0.39 is 0 Å². The molecule has 1 aromatic rings. The van der Waals surface area contributed by atoms with E-state index >= 15 is 0 Å². The van der Waals surface area contributed by atoms with Crippen molar-refractivity contribution in [1.29, 1.82) is 0 Å². The van der Waals surface area contributed by atoms with E-state index in [-0.39, 0.29) is 49.0 Å². The van der Waals surface area contributed by atoms with Gasteiger partial charge in [0.1, 0.15) is 0 Å². The molecule has 3 rings (SSSR count). The maximum absolute atomic E-state index is 12.1. The molecule has 2 N–H and O–H groups in total. The predicted molar refractivity (Wildman–Crippen MR) is 119 cm³/mol. The number of nitrogens with zero attached hydrogens (tertiary/aromatic N) is 2. The zero-order valence-corrected chi connectivity index (χ0v) is 18.4. The zero-order chi connectivity index (χ0) is 16.8. The second-order valence-corrected chi connectivity index (χ2v) is 7.06. The Morgan fingerprint density at radius 1 is 1.19 bits per heavy atom. The second kappa shape index (κ2) is 13.6. The molecule has 0 aromatic heterocycles. The van der Waals surface area contributed by atoms with Crippen molar-refractivity contribution in [2.75, 3.05) is 52.9 Å². The minimum atomic E-state index is 0. The van der Waals surface area contributed by atoms with Crippen molar-refractivity contribution in [2.45, 2.75) is 18.9 Å². The molecule has 27 heavy (non-hydrogen) atoms. The maximum atomic E-state index is 12.1. The Morgan fingerprint density at radius 3 is 2.59 bits per heavy atom. The van der Waals surface area contributed by atoms with Crippen LogP contribution in [0.1, 0.15) is 24.4 Å². The summed E-state index contributed by atoms with van der Waals surface area (Å²) in [6.45, 7) is 6.91. The molecular weight excluding hydrogens is 407 g/mol. The van der Waals surface area contributed by atoms with E-state index in [1.807, 2.05) is 0 Å². The first-order valence-electron chi connectivity index (χ1n) is 9.20. The van der Waals surface area contributed by atoms with Crippen LogP contribution in [0.25, 0.3) is 0 Å². The lowest BCUT2D eigenvalue weighted by molar-refractivity contribution is -0.124. The van der Waals surface area contributed by atoms with Crippen LogP contribution in [0.3, 0.4) is 0 Å². The standard InChI is InChI=1S/C19H30N4O.3ClH/c1-22-12-13-23(18(15-22)16-6-3-2-4-7-16)11-5-9-21-19(24)17-8-10-20-14-17;;;/h2-4,6-7,17-18,20H,5,8-15H2,1H3,(H,21,24);3*1H. The summed E-state index contributed by atoms with van der Waals surface area (Å²) in [5, 5.41) is 6.36. The highest BCUT2D eigenvalue weighted by Gasteiger charge is 2.26. The average molecular weight is 440 g/mol. The van der Waals surface area contributed by atoms with E-state index in [1.54, 1.807) is 0 Å². The number of hydrogen-bond acceptors (Lipinski definition) is 4. The summed E-state index contributed by atoms with van der Waals surface area (Å²) in [7, 11) is 2.20. The second-order valence-electron chi connectivity index (χ2n) is 7.06. The van der Waals surface area contributed by atoms with Crippen LogP contribution in [0.2, 0.25) is 0 Å². The lowest BCUT2D eigenvalue weighted by Crippen LogP contribution is -2.47. The van der Waals surface area contributed by atoms with Crippen molar-refractivity contribution in [3.05, 3.63) is 35.9 Å².